The van der Waals surface area contributed by atoms with Crippen molar-refractivity contribution in [2.24, 2.45) is 0 Å². The zero-order valence-electron chi connectivity index (χ0n) is 15.6. The van der Waals surface area contributed by atoms with Gasteiger partial charge in [-0.15, -0.1) is 0 Å². The molecule has 0 saturated carbocycles. The number of hydrogen-bond donors (Lipinski definition) is 0. The highest BCUT2D eigenvalue weighted by atomic mass is 35.5. The fraction of sp³-hybridized carbons (Fsp3) is 0.182. The number of carbonyl (C=O) groups is 1. The van der Waals surface area contributed by atoms with Crippen molar-refractivity contribution in [3.63, 3.8) is 0 Å². The molecular weight excluding hydrogens is 416 g/mol. The van der Waals surface area contributed by atoms with Gasteiger partial charge in [0.25, 0.3) is 0 Å². The quantitative estimate of drug-likeness (QED) is 0.436. The standard InChI is InChI=1S/C22H18Cl2FNO3/c1-2-28-22(27)17-8-14(11-26-12-17)7-16-9-18(23)4-6-21(16)29-13-15-3-5-19(25)10-20(15)24/h3-6,8-12H,2,7,13H2,1H3. The highest BCUT2D eigenvalue weighted by molar-refractivity contribution is 6.31. The van der Waals surface area contributed by atoms with Gasteiger partial charge < -0.3 is 9.47 Å². The predicted molar refractivity (Wildman–Crippen MR) is 110 cm³/mol. The van der Waals surface area contributed by atoms with E-state index in [1.165, 1.54) is 18.3 Å². The second-order valence-electron chi connectivity index (χ2n) is 6.26. The lowest BCUT2D eigenvalue weighted by Gasteiger charge is -2.13. The van der Waals surface area contributed by atoms with Crippen molar-refractivity contribution in [3.8, 4) is 5.75 Å². The molecule has 0 fully saturated rings. The molecule has 0 radical (unpaired) electrons. The highest BCUT2D eigenvalue weighted by Crippen LogP contribution is 2.27. The third kappa shape index (κ3) is 5.68. The molecule has 0 aliphatic heterocycles. The minimum atomic E-state index is -0.421. The molecule has 0 N–H and O–H groups in total. The molecule has 0 saturated heterocycles. The topological polar surface area (TPSA) is 48.4 Å². The molecule has 3 rings (SSSR count). The summed E-state index contributed by atoms with van der Waals surface area (Å²) in [5.74, 6) is -0.216. The zero-order valence-corrected chi connectivity index (χ0v) is 17.1. The predicted octanol–water partition coefficient (Wildman–Crippen LogP) is 5.87. The SMILES string of the molecule is CCOC(=O)c1cncc(Cc2cc(Cl)ccc2OCc2ccc(F)cc2Cl)c1. The van der Waals surface area contributed by atoms with E-state index in [1.54, 1.807) is 43.5 Å². The Morgan fingerprint density at radius 2 is 1.90 bits per heavy atom. The molecule has 0 unspecified atom stereocenters. The van der Waals surface area contributed by atoms with Crippen LogP contribution in [0.1, 0.15) is 34.0 Å². The molecule has 7 heteroatoms. The summed E-state index contributed by atoms with van der Waals surface area (Å²) in [6.07, 6.45) is 3.59. The molecule has 1 aromatic heterocycles. The Balaban J connectivity index is 1.80. The van der Waals surface area contributed by atoms with Crippen molar-refractivity contribution in [2.45, 2.75) is 20.0 Å². The van der Waals surface area contributed by atoms with Gasteiger partial charge >= 0.3 is 5.97 Å². The lowest BCUT2D eigenvalue weighted by molar-refractivity contribution is 0.0525. The molecule has 1 heterocycles. The normalized spacial score (nSPS) is 10.6. The maximum absolute atomic E-state index is 13.2. The second-order valence-corrected chi connectivity index (χ2v) is 7.10. The second kappa shape index (κ2) is 9.72. The Hall–Kier alpha value is -2.63. The molecule has 0 spiro atoms. The van der Waals surface area contributed by atoms with Crippen LogP contribution in [0.3, 0.4) is 0 Å². The van der Waals surface area contributed by atoms with Crippen LogP contribution in [0.2, 0.25) is 10.0 Å². The van der Waals surface area contributed by atoms with Crippen LogP contribution in [0.25, 0.3) is 0 Å². The number of pyridine rings is 1. The Labute approximate surface area is 178 Å². The van der Waals surface area contributed by atoms with Gasteiger partial charge in [0.1, 0.15) is 18.2 Å². The Kier molecular flexibility index (Phi) is 7.07. The lowest BCUT2D eigenvalue weighted by atomic mass is 10.0. The Morgan fingerprint density at radius 1 is 1.07 bits per heavy atom. The molecule has 29 heavy (non-hydrogen) atoms. The van der Waals surface area contributed by atoms with Crippen LogP contribution < -0.4 is 4.74 Å². The van der Waals surface area contributed by atoms with Gasteiger partial charge in [-0.3, -0.25) is 4.98 Å². The lowest BCUT2D eigenvalue weighted by Crippen LogP contribution is -2.06. The van der Waals surface area contributed by atoms with E-state index in [4.69, 9.17) is 32.7 Å². The number of nitrogens with zero attached hydrogens (tertiary/aromatic N) is 1. The Morgan fingerprint density at radius 3 is 2.66 bits per heavy atom. The summed E-state index contributed by atoms with van der Waals surface area (Å²) in [6.45, 7) is 2.22. The first kappa shape index (κ1) is 21.1. The van der Waals surface area contributed by atoms with Gasteiger partial charge in [-0.2, -0.15) is 0 Å². The van der Waals surface area contributed by atoms with Gasteiger partial charge in [0.2, 0.25) is 0 Å². The molecule has 3 aromatic rings. The smallest absolute Gasteiger partial charge is 0.339 e. The Bertz CT molecular complexity index is 1030. The van der Waals surface area contributed by atoms with Crippen LogP contribution >= 0.6 is 23.2 Å². The number of carbonyl (C=O) groups excluding carboxylic acids is 1. The van der Waals surface area contributed by atoms with Crippen molar-refractivity contribution in [1.82, 2.24) is 4.98 Å². The summed E-state index contributed by atoms with van der Waals surface area (Å²) in [5, 5.41) is 0.855. The third-order valence-electron chi connectivity index (χ3n) is 4.12. The third-order valence-corrected chi connectivity index (χ3v) is 4.71. The van der Waals surface area contributed by atoms with Gasteiger partial charge in [0.15, 0.2) is 0 Å². The van der Waals surface area contributed by atoms with E-state index in [-0.39, 0.29) is 6.61 Å². The maximum atomic E-state index is 13.2. The van der Waals surface area contributed by atoms with Crippen molar-refractivity contribution >= 4 is 29.2 Å². The molecule has 150 valence electrons. The zero-order chi connectivity index (χ0) is 20.8. The first-order chi connectivity index (χ1) is 14.0. The molecule has 0 amide bonds. The van der Waals surface area contributed by atoms with Crippen molar-refractivity contribution < 1.29 is 18.7 Å². The van der Waals surface area contributed by atoms with E-state index in [0.717, 1.165) is 11.1 Å². The molecule has 0 atom stereocenters. The van der Waals surface area contributed by atoms with Crippen molar-refractivity contribution in [3.05, 3.63) is 93.0 Å². The highest BCUT2D eigenvalue weighted by Gasteiger charge is 2.12. The summed E-state index contributed by atoms with van der Waals surface area (Å²) in [7, 11) is 0. The van der Waals surface area contributed by atoms with Crippen LogP contribution in [0.4, 0.5) is 4.39 Å². The molecule has 4 nitrogen and oxygen atoms in total. The van der Waals surface area contributed by atoms with Gasteiger partial charge in [-0.25, -0.2) is 9.18 Å². The van der Waals surface area contributed by atoms with Crippen LogP contribution in [0.5, 0.6) is 5.75 Å². The van der Waals surface area contributed by atoms with E-state index in [1.807, 2.05) is 0 Å². The molecule has 0 bridgehead atoms. The summed E-state index contributed by atoms with van der Waals surface area (Å²) in [4.78, 5) is 16.1. The molecule has 2 aromatic carbocycles. The summed E-state index contributed by atoms with van der Waals surface area (Å²) < 4.78 is 24.1. The van der Waals surface area contributed by atoms with Gasteiger partial charge in [-0.05, 0) is 48.9 Å². The van der Waals surface area contributed by atoms with Crippen LogP contribution in [0, 0.1) is 5.82 Å². The van der Waals surface area contributed by atoms with E-state index < -0.39 is 11.8 Å². The summed E-state index contributed by atoms with van der Waals surface area (Å²) in [5.41, 5.74) is 2.67. The number of aromatic nitrogens is 1. The van der Waals surface area contributed by atoms with Crippen LogP contribution in [0.15, 0.2) is 54.9 Å². The van der Waals surface area contributed by atoms with E-state index in [0.29, 0.717) is 39.9 Å². The molecule has 0 aliphatic rings. The van der Waals surface area contributed by atoms with E-state index in [9.17, 15) is 9.18 Å². The van der Waals surface area contributed by atoms with E-state index in [2.05, 4.69) is 4.98 Å². The van der Waals surface area contributed by atoms with Crippen LogP contribution in [-0.2, 0) is 17.8 Å². The van der Waals surface area contributed by atoms with Crippen LogP contribution in [-0.4, -0.2) is 17.6 Å². The largest absolute Gasteiger partial charge is 0.489 e. The first-order valence-corrected chi connectivity index (χ1v) is 9.68. The average Bonchev–Trinajstić information content (AvgIpc) is 2.69. The number of ether oxygens (including phenoxy) is 2. The van der Waals surface area contributed by atoms with Gasteiger partial charge in [-0.1, -0.05) is 29.3 Å². The molecule has 0 aliphatic carbocycles. The number of hydrogen-bond acceptors (Lipinski definition) is 4. The van der Waals surface area contributed by atoms with Crippen molar-refractivity contribution in [1.29, 1.82) is 0 Å². The van der Waals surface area contributed by atoms with E-state index >= 15 is 0 Å². The number of rotatable bonds is 7. The number of benzene rings is 2. The summed E-state index contributed by atoms with van der Waals surface area (Å²) in [6, 6.07) is 11.2. The number of esters is 1. The fourth-order valence-corrected chi connectivity index (χ4v) is 3.17. The average molecular weight is 434 g/mol. The van der Waals surface area contributed by atoms with Gasteiger partial charge in [0.05, 0.1) is 17.2 Å². The molecular formula is C22H18Cl2FNO3. The first-order valence-electron chi connectivity index (χ1n) is 8.92. The summed E-state index contributed by atoms with van der Waals surface area (Å²) >= 11 is 12.2. The maximum Gasteiger partial charge on any atom is 0.339 e. The minimum absolute atomic E-state index is 0.175. The van der Waals surface area contributed by atoms with Gasteiger partial charge in [0, 0.05) is 35.0 Å². The minimum Gasteiger partial charge on any atom is -0.489 e. The monoisotopic (exact) mass is 433 g/mol. The van der Waals surface area contributed by atoms with Crippen molar-refractivity contribution in [2.75, 3.05) is 6.61 Å². The number of halogens is 3. The fourth-order valence-electron chi connectivity index (χ4n) is 2.75.